The Labute approximate surface area is 183 Å². The number of ether oxygens (including phenoxy) is 1. The van der Waals surface area contributed by atoms with Gasteiger partial charge in [0.2, 0.25) is 0 Å². The first-order valence-corrected chi connectivity index (χ1v) is 9.86. The molecule has 4 aromatic rings. The summed E-state index contributed by atoms with van der Waals surface area (Å²) in [7, 11) is 0. The molecule has 0 spiro atoms. The quantitative estimate of drug-likeness (QED) is 0.401. The van der Waals surface area contributed by atoms with Gasteiger partial charge in [-0.1, -0.05) is 35.3 Å². The molecule has 1 N–H and O–H groups in total. The third kappa shape index (κ3) is 5.23. The lowest BCUT2D eigenvalue weighted by Crippen LogP contribution is -2.10. The lowest BCUT2D eigenvalue weighted by atomic mass is 10.2. The highest BCUT2D eigenvalue weighted by atomic mass is 35.5. The highest BCUT2D eigenvalue weighted by molar-refractivity contribution is 6.30. The Bertz CT molecular complexity index is 1140. The second-order valence-corrected chi connectivity index (χ2v) is 7.39. The number of carbonyl (C=O) groups excluding carboxylic acids is 1. The highest BCUT2D eigenvalue weighted by Gasteiger charge is 2.13. The Morgan fingerprint density at radius 3 is 2.43 bits per heavy atom. The van der Waals surface area contributed by atoms with E-state index in [2.05, 4.69) is 10.4 Å². The predicted octanol–water partition coefficient (Wildman–Crippen LogP) is 5.66. The maximum absolute atomic E-state index is 12.4. The summed E-state index contributed by atoms with van der Waals surface area (Å²) < 4.78 is 12.9. The summed E-state index contributed by atoms with van der Waals surface area (Å²) >= 11 is 11.8. The fourth-order valence-corrected chi connectivity index (χ4v) is 3.00. The van der Waals surface area contributed by atoms with Crippen LogP contribution in [0.3, 0.4) is 0 Å². The van der Waals surface area contributed by atoms with Crippen LogP contribution in [0, 0.1) is 0 Å². The maximum Gasteiger partial charge on any atom is 0.291 e. The van der Waals surface area contributed by atoms with Crippen molar-refractivity contribution in [3.8, 4) is 5.75 Å². The second kappa shape index (κ2) is 9.07. The number of nitrogens with one attached hydrogen (secondary N) is 1. The van der Waals surface area contributed by atoms with E-state index in [0.29, 0.717) is 33.8 Å². The number of carbonyl (C=O) groups is 1. The fraction of sp³-hybridized carbons (Fsp3) is 0.0909. The first-order chi connectivity index (χ1) is 14.5. The van der Waals surface area contributed by atoms with Crippen LogP contribution in [0.2, 0.25) is 10.0 Å². The molecule has 0 bridgehead atoms. The first kappa shape index (κ1) is 20.1. The van der Waals surface area contributed by atoms with Gasteiger partial charge in [-0.25, -0.2) is 0 Å². The van der Waals surface area contributed by atoms with E-state index in [1.165, 1.54) is 0 Å². The van der Waals surface area contributed by atoms with Crippen molar-refractivity contribution >= 4 is 34.8 Å². The van der Waals surface area contributed by atoms with Crippen LogP contribution in [0.5, 0.6) is 5.75 Å². The average Bonchev–Trinajstić information content (AvgIpc) is 3.39. The molecule has 2 aromatic carbocycles. The molecule has 0 fully saturated rings. The van der Waals surface area contributed by atoms with E-state index in [-0.39, 0.29) is 18.3 Å². The lowest BCUT2D eigenvalue weighted by molar-refractivity contribution is 0.0992. The number of amides is 1. The van der Waals surface area contributed by atoms with Crippen molar-refractivity contribution in [2.24, 2.45) is 0 Å². The normalized spacial score (nSPS) is 10.7. The van der Waals surface area contributed by atoms with Crippen molar-refractivity contribution in [2.45, 2.75) is 13.2 Å². The largest absolute Gasteiger partial charge is 0.486 e. The van der Waals surface area contributed by atoms with E-state index >= 15 is 0 Å². The van der Waals surface area contributed by atoms with Gasteiger partial charge in [0.05, 0.1) is 18.4 Å². The molecule has 0 saturated heterocycles. The molecule has 6 nitrogen and oxygen atoms in total. The summed E-state index contributed by atoms with van der Waals surface area (Å²) in [6.07, 6.45) is 3.33. The molecule has 8 heteroatoms. The van der Waals surface area contributed by atoms with Gasteiger partial charge in [-0.15, -0.1) is 0 Å². The zero-order chi connectivity index (χ0) is 20.9. The van der Waals surface area contributed by atoms with Crippen LogP contribution >= 0.6 is 23.2 Å². The van der Waals surface area contributed by atoms with Gasteiger partial charge in [0.15, 0.2) is 5.76 Å². The first-order valence-electron chi connectivity index (χ1n) is 9.10. The number of halogens is 2. The molecule has 0 aliphatic heterocycles. The Hall–Kier alpha value is -3.22. The zero-order valence-electron chi connectivity index (χ0n) is 15.7. The van der Waals surface area contributed by atoms with Crippen LogP contribution in [-0.2, 0) is 13.2 Å². The Balaban J connectivity index is 1.32. The molecule has 0 unspecified atom stereocenters. The second-order valence-electron chi connectivity index (χ2n) is 6.52. The van der Waals surface area contributed by atoms with Gasteiger partial charge >= 0.3 is 0 Å². The standard InChI is InChI=1S/C22H17Cl2N3O3/c23-16-3-1-15(2-4-16)12-27-13-18(11-25-27)26-22(28)21-10-9-20(30-21)14-29-19-7-5-17(24)6-8-19/h1-11,13H,12,14H2,(H,26,28). The molecule has 0 saturated carbocycles. The molecule has 0 aliphatic carbocycles. The van der Waals surface area contributed by atoms with E-state index in [1.807, 2.05) is 24.3 Å². The molecule has 1 amide bonds. The van der Waals surface area contributed by atoms with Crippen molar-refractivity contribution in [2.75, 3.05) is 5.32 Å². The van der Waals surface area contributed by atoms with Crippen molar-refractivity contribution < 1.29 is 13.9 Å². The van der Waals surface area contributed by atoms with Crippen LogP contribution in [0.4, 0.5) is 5.69 Å². The number of hydrogen-bond acceptors (Lipinski definition) is 4. The third-order valence-electron chi connectivity index (χ3n) is 4.23. The monoisotopic (exact) mass is 441 g/mol. The Morgan fingerprint density at radius 2 is 1.70 bits per heavy atom. The number of furan rings is 1. The summed E-state index contributed by atoms with van der Waals surface area (Å²) in [6, 6.07) is 17.8. The predicted molar refractivity (Wildman–Crippen MR) is 115 cm³/mol. The topological polar surface area (TPSA) is 69.3 Å². The molecule has 2 heterocycles. The molecule has 0 atom stereocenters. The van der Waals surface area contributed by atoms with Crippen molar-refractivity contribution in [3.05, 3.63) is 100 Å². The van der Waals surface area contributed by atoms with Gasteiger partial charge in [-0.2, -0.15) is 5.10 Å². The number of hydrogen-bond donors (Lipinski definition) is 1. The molecule has 152 valence electrons. The Morgan fingerprint density at radius 1 is 1.00 bits per heavy atom. The third-order valence-corrected chi connectivity index (χ3v) is 4.73. The number of benzene rings is 2. The fourth-order valence-electron chi connectivity index (χ4n) is 2.75. The van der Waals surface area contributed by atoms with Gasteiger partial charge in [0.1, 0.15) is 18.1 Å². The minimum absolute atomic E-state index is 0.190. The minimum atomic E-state index is -0.362. The van der Waals surface area contributed by atoms with Gasteiger partial charge in [0, 0.05) is 16.2 Å². The summed E-state index contributed by atoms with van der Waals surface area (Å²) in [5.41, 5.74) is 1.63. The van der Waals surface area contributed by atoms with E-state index in [4.69, 9.17) is 32.4 Å². The molecule has 0 aliphatic rings. The molecule has 4 rings (SSSR count). The smallest absolute Gasteiger partial charge is 0.291 e. The minimum Gasteiger partial charge on any atom is -0.486 e. The summed E-state index contributed by atoms with van der Waals surface area (Å²) in [6.45, 7) is 0.772. The Kier molecular flexibility index (Phi) is 6.07. The number of rotatable bonds is 7. The van der Waals surface area contributed by atoms with Crippen LogP contribution in [-0.4, -0.2) is 15.7 Å². The van der Waals surface area contributed by atoms with Gasteiger partial charge in [0.25, 0.3) is 5.91 Å². The van der Waals surface area contributed by atoms with Crippen molar-refractivity contribution in [3.63, 3.8) is 0 Å². The number of aromatic nitrogens is 2. The van der Waals surface area contributed by atoms with Crippen LogP contribution in [0.25, 0.3) is 0 Å². The molecular formula is C22H17Cl2N3O3. The van der Waals surface area contributed by atoms with Gasteiger partial charge < -0.3 is 14.5 Å². The van der Waals surface area contributed by atoms with Crippen LogP contribution < -0.4 is 10.1 Å². The number of anilines is 1. The van der Waals surface area contributed by atoms with E-state index in [0.717, 1.165) is 5.56 Å². The molecule has 30 heavy (non-hydrogen) atoms. The van der Waals surface area contributed by atoms with Gasteiger partial charge in [-0.3, -0.25) is 9.48 Å². The van der Waals surface area contributed by atoms with Crippen molar-refractivity contribution in [1.82, 2.24) is 9.78 Å². The summed E-state index contributed by atoms with van der Waals surface area (Å²) in [5, 5.41) is 8.36. The zero-order valence-corrected chi connectivity index (χ0v) is 17.2. The van der Waals surface area contributed by atoms with Crippen LogP contribution in [0.15, 0.2) is 77.5 Å². The molecule has 0 radical (unpaired) electrons. The van der Waals surface area contributed by atoms with E-state index in [1.54, 1.807) is 53.5 Å². The molecular weight excluding hydrogens is 425 g/mol. The average molecular weight is 442 g/mol. The SMILES string of the molecule is O=C(Nc1cnn(Cc2ccc(Cl)cc2)c1)c1ccc(COc2ccc(Cl)cc2)o1. The summed E-state index contributed by atoms with van der Waals surface area (Å²) in [5.74, 6) is 1.03. The van der Waals surface area contributed by atoms with E-state index < -0.39 is 0 Å². The van der Waals surface area contributed by atoms with E-state index in [9.17, 15) is 4.79 Å². The van der Waals surface area contributed by atoms with Crippen LogP contribution in [0.1, 0.15) is 21.9 Å². The lowest BCUT2D eigenvalue weighted by Gasteiger charge is -2.04. The number of nitrogens with zero attached hydrogens (tertiary/aromatic N) is 2. The summed E-state index contributed by atoms with van der Waals surface area (Å²) in [4.78, 5) is 12.4. The highest BCUT2D eigenvalue weighted by Crippen LogP contribution is 2.18. The maximum atomic E-state index is 12.4. The molecule has 2 aromatic heterocycles. The van der Waals surface area contributed by atoms with Crippen molar-refractivity contribution in [1.29, 1.82) is 0 Å². The van der Waals surface area contributed by atoms with Gasteiger partial charge in [-0.05, 0) is 54.1 Å².